The van der Waals surface area contributed by atoms with Gasteiger partial charge in [0.1, 0.15) is 11.0 Å². The molecule has 0 spiro atoms. The summed E-state index contributed by atoms with van der Waals surface area (Å²) in [5, 5.41) is 3.94. The molecule has 1 N–H and O–H groups in total. The van der Waals surface area contributed by atoms with E-state index < -0.39 is 0 Å². The lowest BCUT2D eigenvalue weighted by Gasteiger charge is -2.21. The minimum Gasteiger partial charge on any atom is -0.316 e. The van der Waals surface area contributed by atoms with Gasteiger partial charge < -0.3 is 5.32 Å². The zero-order valence-electron chi connectivity index (χ0n) is 8.96. The van der Waals surface area contributed by atoms with Gasteiger partial charge in [-0.2, -0.15) is 0 Å². The van der Waals surface area contributed by atoms with Crippen molar-refractivity contribution in [3.05, 3.63) is 22.7 Å². The number of nitrogens with one attached hydrogen (secondary N) is 1. The maximum Gasteiger partial charge on any atom is 0.134 e. The molecule has 1 aromatic rings. The molecule has 1 aliphatic heterocycles. The molecule has 0 aromatic carbocycles. The van der Waals surface area contributed by atoms with Crippen molar-refractivity contribution in [2.45, 2.75) is 32.1 Å². The third-order valence-electron chi connectivity index (χ3n) is 2.79. The number of hydrogen-bond donors (Lipinski definition) is 1. The van der Waals surface area contributed by atoms with Gasteiger partial charge in [0.05, 0.1) is 0 Å². The van der Waals surface area contributed by atoms with E-state index in [4.69, 9.17) is 11.6 Å². The Morgan fingerprint density at radius 2 is 2.40 bits per heavy atom. The van der Waals surface area contributed by atoms with Crippen LogP contribution in [0, 0.1) is 0 Å². The second-order valence-corrected chi connectivity index (χ2v) is 4.32. The van der Waals surface area contributed by atoms with Crippen LogP contribution in [-0.2, 0) is 6.42 Å². The summed E-state index contributed by atoms with van der Waals surface area (Å²) in [4.78, 5) is 8.86. The van der Waals surface area contributed by atoms with Gasteiger partial charge in [-0.15, -0.1) is 0 Å². The quantitative estimate of drug-likeness (QED) is 0.784. The SMILES string of the molecule is CCc1cc(Cl)nc(C2CCCNC2)n1. The fraction of sp³-hybridized carbons (Fsp3) is 0.636. The molecule has 0 bridgehead atoms. The number of nitrogens with zero attached hydrogens (tertiary/aromatic N) is 2. The van der Waals surface area contributed by atoms with Crippen molar-refractivity contribution in [2.75, 3.05) is 13.1 Å². The molecule has 2 rings (SSSR count). The van der Waals surface area contributed by atoms with Crippen LogP contribution in [0.25, 0.3) is 0 Å². The van der Waals surface area contributed by atoms with Crippen molar-refractivity contribution in [3.63, 3.8) is 0 Å². The van der Waals surface area contributed by atoms with Gasteiger partial charge in [-0.3, -0.25) is 0 Å². The number of hydrogen-bond acceptors (Lipinski definition) is 3. The summed E-state index contributed by atoms with van der Waals surface area (Å²) in [6.07, 6.45) is 3.27. The van der Waals surface area contributed by atoms with E-state index >= 15 is 0 Å². The van der Waals surface area contributed by atoms with Gasteiger partial charge in [0.2, 0.25) is 0 Å². The molecule has 0 radical (unpaired) electrons. The summed E-state index contributed by atoms with van der Waals surface area (Å²) in [7, 11) is 0. The van der Waals surface area contributed by atoms with Gasteiger partial charge >= 0.3 is 0 Å². The molecule has 1 saturated heterocycles. The van der Waals surface area contributed by atoms with Crippen LogP contribution in [0.4, 0.5) is 0 Å². The van der Waals surface area contributed by atoms with Crippen LogP contribution >= 0.6 is 11.6 Å². The third kappa shape index (κ3) is 2.67. The highest BCUT2D eigenvalue weighted by atomic mass is 35.5. The van der Waals surface area contributed by atoms with Crippen LogP contribution in [-0.4, -0.2) is 23.1 Å². The highest BCUT2D eigenvalue weighted by Gasteiger charge is 2.18. The van der Waals surface area contributed by atoms with E-state index in [1.54, 1.807) is 0 Å². The van der Waals surface area contributed by atoms with Gasteiger partial charge in [-0.1, -0.05) is 18.5 Å². The van der Waals surface area contributed by atoms with E-state index in [2.05, 4.69) is 22.2 Å². The Bertz CT molecular complexity index is 335. The molecule has 82 valence electrons. The first-order valence-corrected chi connectivity index (χ1v) is 5.91. The van der Waals surface area contributed by atoms with Crippen LogP contribution in [0.15, 0.2) is 6.07 Å². The molecular formula is C11H16ClN3. The van der Waals surface area contributed by atoms with E-state index in [-0.39, 0.29) is 0 Å². The average Bonchev–Trinajstić information content (AvgIpc) is 2.29. The lowest BCUT2D eigenvalue weighted by atomic mass is 9.99. The minimum absolute atomic E-state index is 0.433. The van der Waals surface area contributed by atoms with Crippen molar-refractivity contribution in [3.8, 4) is 0 Å². The fourth-order valence-corrected chi connectivity index (χ4v) is 2.13. The van der Waals surface area contributed by atoms with Crippen LogP contribution in [0.2, 0.25) is 5.15 Å². The molecule has 1 unspecified atom stereocenters. The maximum atomic E-state index is 5.98. The second kappa shape index (κ2) is 4.90. The largest absolute Gasteiger partial charge is 0.316 e. The molecule has 1 aromatic heterocycles. The first kappa shape index (κ1) is 10.8. The summed E-state index contributed by atoms with van der Waals surface area (Å²) < 4.78 is 0. The molecule has 0 saturated carbocycles. The summed E-state index contributed by atoms with van der Waals surface area (Å²) in [5.41, 5.74) is 1.04. The van der Waals surface area contributed by atoms with Gasteiger partial charge in [-0.05, 0) is 31.9 Å². The summed E-state index contributed by atoms with van der Waals surface area (Å²) in [6, 6.07) is 1.85. The zero-order chi connectivity index (χ0) is 10.7. The Morgan fingerprint density at radius 1 is 1.53 bits per heavy atom. The Labute approximate surface area is 95.3 Å². The molecule has 1 atom stereocenters. The number of piperidine rings is 1. The Morgan fingerprint density at radius 3 is 3.07 bits per heavy atom. The Balaban J connectivity index is 2.22. The average molecular weight is 226 g/mol. The van der Waals surface area contributed by atoms with E-state index in [9.17, 15) is 0 Å². The van der Waals surface area contributed by atoms with Gasteiger partial charge in [-0.25, -0.2) is 9.97 Å². The van der Waals surface area contributed by atoms with E-state index in [0.29, 0.717) is 11.1 Å². The van der Waals surface area contributed by atoms with Crippen molar-refractivity contribution in [1.82, 2.24) is 15.3 Å². The molecule has 0 aliphatic carbocycles. The van der Waals surface area contributed by atoms with Crippen molar-refractivity contribution >= 4 is 11.6 Å². The summed E-state index contributed by atoms with van der Waals surface area (Å²) >= 11 is 5.98. The summed E-state index contributed by atoms with van der Waals surface area (Å²) in [6.45, 7) is 4.17. The van der Waals surface area contributed by atoms with Crippen molar-refractivity contribution in [1.29, 1.82) is 0 Å². The van der Waals surface area contributed by atoms with Crippen LogP contribution in [0.3, 0.4) is 0 Å². The lowest BCUT2D eigenvalue weighted by molar-refractivity contribution is 0.445. The van der Waals surface area contributed by atoms with E-state index in [1.807, 2.05) is 6.07 Å². The monoisotopic (exact) mass is 225 g/mol. The first-order valence-electron chi connectivity index (χ1n) is 5.53. The molecule has 3 nitrogen and oxygen atoms in total. The van der Waals surface area contributed by atoms with E-state index in [0.717, 1.165) is 37.4 Å². The molecule has 4 heteroatoms. The molecule has 1 fully saturated rings. The lowest BCUT2D eigenvalue weighted by Crippen LogP contribution is -2.29. The highest BCUT2D eigenvalue weighted by molar-refractivity contribution is 6.29. The number of rotatable bonds is 2. The highest BCUT2D eigenvalue weighted by Crippen LogP contribution is 2.21. The third-order valence-corrected chi connectivity index (χ3v) is 2.98. The Hall–Kier alpha value is -0.670. The molecule has 2 heterocycles. The molecule has 1 aliphatic rings. The second-order valence-electron chi connectivity index (χ2n) is 3.94. The number of aryl methyl sites for hydroxylation is 1. The van der Waals surface area contributed by atoms with Crippen molar-refractivity contribution < 1.29 is 0 Å². The van der Waals surface area contributed by atoms with Crippen LogP contribution < -0.4 is 5.32 Å². The Kier molecular flexibility index (Phi) is 3.54. The smallest absolute Gasteiger partial charge is 0.134 e. The normalized spacial score (nSPS) is 21.6. The topological polar surface area (TPSA) is 37.8 Å². The van der Waals surface area contributed by atoms with Crippen LogP contribution in [0.1, 0.15) is 37.2 Å². The number of aromatic nitrogens is 2. The predicted molar refractivity (Wildman–Crippen MR) is 61.3 cm³/mol. The van der Waals surface area contributed by atoms with Crippen LogP contribution in [0.5, 0.6) is 0 Å². The van der Waals surface area contributed by atoms with Crippen molar-refractivity contribution in [2.24, 2.45) is 0 Å². The maximum absolute atomic E-state index is 5.98. The minimum atomic E-state index is 0.433. The van der Waals surface area contributed by atoms with Gasteiger partial charge in [0.25, 0.3) is 0 Å². The molecular weight excluding hydrogens is 210 g/mol. The number of halogens is 1. The van der Waals surface area contributed by atoms with E-state index in [1.165, 1.54) is 6.42 Å². The molecule has 0 amide bonds. The first-order chi connectivity index (χ1) is 7.29. The zero-order valence-corrected chi connectivity index (χ0v) is 9.72. The summed E-state index contributed by atoms with van der Waals surface area (Å²) in [5.74, 6) is 1.34. The van der Waals surface area contributed by atoms with Gasteiger partial charge in [0.15, 0.2) is 0 Å². The van der Waals surface area contributed by atoms with Gasteiger partial charge in [0, 0.05) is 18.2 Å². The standard InChI is InChI=1S/C11H16ClN3/c1-2-9-6-10(12)15-11(14-9)8-4-3-5-13-7-8/h6,8,13H,2-5,7H2,1H3. The molecule has 15 heavy (non-hydrogen) atoms. The fourth-order valence-electron chi connectivity index (χ4n) is 1.92. The predicted octanol–water partition coefficient (Wildman–Crippen LogP) is 2.16.